The molecule has 7 nitrogen and oxygen atoms in total. The Morgan fingerprint density at radius 1 is 0.950 bits per heavy atom. The minimum Gasteiger partial charge on any atom is -0.354 e. The molecule has 2 amide bonds. The van der Waals surface area contributed by atoms with E-state index in [1.807, 2.05) is 20.8 Å². The Hall–Kier alpha value is -3.14. The average Bonchev–Trinajstić information content (AvgIpc) is 2.91. The van der Waals surface area contributed by atoms with Gasteiger partial charge >= 0.3 is 0 Å². The summed E-state index contributed by atoms with van der Waals surface area (Å²) in [7, 11) is -4.32. The van der Waals surface area contributed by atoms with Gasteiger partial charge in [0, 0.05) is 18.7 Å². The highest BCUT2D eigenvalue weighted by Crippen LogP contribution is 2.35. The van der Waals surface area contributed by atoms with E-state index in [9.17, 15) is 22.4 Å². The molecule has 0 fully saturated rings. The van der Waals surface area contributed by atoms with Crippen LogP contribution in [0.4, 0.5) is 10.1 Å². The van der Waals surface area contributed by atoms with Gasteiger partial charge in [-0.05, 0) is 50.1 Å². The summed E-state index contributed by atoms with van der Waals surface area (Å²) < 4.78 is 43.2. The number of benzene rings is 3. The zero-order valence-corrected chi connectivity index (χ0v) is 25.0. The van der Waals surface area contributed by atoms with Crippen molar-refractivity contribution in [2.75, 3.05) is 17.4 Å². The molecule has 0 aliphatic heterocycles. The van der Waals surface area contributed by atoms with Crippen molar-refractivity contribution in [1.29, 1.82) is 0 Å². The number of hydrogen-bond acceptors (Lipinski definition) is 4. The summed E-state index contributed by atoms with van der Waals surface area (Å²) in [6.45, 7) is 6.58. The third-order valence-corrected chi connectivity index (χ3v) is 8.82. The molecule has 0 heterocycles. The van der Waals surface area contributed by atoms with Crippen molar-refractivity contribution in [3.05, 3.63) is 93.7 Å². The minimum atomic E-state index is -4.32. The van der Waals surface area contributed by atoms with E-state index in [2.05, 4.69) is 5.32 Å². The molecule has 0 aromatic heterocycles. The number of carbonyl (C=O) groups excluding carboxylic acids is 2. The normalized spacial score (nSPS) is 12.2. The van der Waals surface area contributed by atoms with Crippen molar-refractivity contribution in [3.8, 4) is 0 Å². The monoisotopic (exact) mass is 607 g/mol. The lowest BCUT2D eigenvalue weighted by molar-refractivity contribution is -0.139. The number of hydrogen-bond donors (Lipinski definition) is 1. The molecule has 0 aliphatic rings. The number of sulfonamides is 1. The Kier molecular flexibility index (Phi) is 10.6. The molecule has 3 aromatic carbocycles. The second-order valence-corrected chi connectivity index (χ2v) is 12.5. The van der Waals surface area contributed by atoms with E-state index < -0.39 is 40.2 Å². The summed E-state index contributed by atoms with van der Waals surface area (Å²) in [5.74, 6) is -1.58. The number of anilines is 1. The first-order valence-corrected chi connectivity index (χ1v) is 14.9. The SMILES string of the molecule is Cc1ccc(S(=O)(=O)N(CC(=O)N(Cc2ccccc2F)C(C)C(=O)NCC(C)C)c2cccc(Cl)c2Cl)cc1. The van der Waals surface area contributed by atoms with Gasteiger partial charge < -0.3 is 10.2 Å². The van der Waals surface area contributed by atoms with Crippen LogP contribution < -0.4 is 9.62 Å². The summed E-state index contributed by atoms with van der Waals surface area (Å²) in [5, 5.41) is 2.82. The maximum Gasteiger partial charge on any atom is 0.264 e. The topological polar surface area (TPSA) is 86.8 Å². The molecule has 0 aliphatic carbocycles. The molecular formula is C29H32Cl2FN3O4S. The molecule has 40 heavy (non-hydrogen) atoms. The van der Waals surface area contributed by atoms with Crippen molar-refractivity contribution >= 4 is 50.7 Å². The molecule has 0 radical (unpaired) electrons. The van der Waals surface area contributed by atoms with Crippen LogP contribution in [0.15, 0.2) is 71.6 Å². The van der Waals surface area contributed by atoms with Crippen LogP contribution in [0, 0.1) is 18.7 Å². The molecule has 0 bridgehead atoms. The van der Waals surface area contributed by atoms with E-state index in [1.54, 1.807) is 18.2 Å². The first-order chi connectivity index (χ1) is 18.8. The lowest BCUT2D eigenvalue weighted by Crippen LogP contribution is -2.51. The molecule has 214 valence electrons. The maximum absolute atomic E-state index is 14.6. The Morgan fingerprint density at radius 2 is 1.60 bits per heavy atom. The number of carbonyl (C=O) groups is 2. The lowest BCUT2D eigenvalue weighted by atomic mass is 10.1. The second-order valence-electron chi connectivity index (χ2n) is 9.83. The summed E-state index contributed by atoms with van der Waals surface area (Å²) in [4.78, 5) is 28.0. The first kappa shape index (κ1) is 31.4. The number of halogens is 3. The number of nitrogens with zero attached hydrogens (tertiary/aromatic N) is 2. The van der Waals surface area contributed by atoms with Gasteiger partial charge in [0.1, 0.15) is 18.4 Å². The lowest BCUT2D eigenvalue weighted by Gasteiger charge is -2.32. The molecule has 1 atom stereocenters. The van der Waals surface area contributed by atoms with Gasteiger partial charge in [0.15, 0.2) is 0 Å². The molecule has 0 spiro atoms. The van der Waals surface area contributed by atoms with E-state index in [0.717, 1.165) is 14.8 Å². The van der Waals surface area contributed by atoms with E-state index >= 15 is 0 Å². The Morgan fingerprint density at radius 3 is 2.23 bits per heavy atom. The fourth-order valence-electron chi connectivity index (χ4n) is 3.88. The van der Waals surface area contributed by atoms with Crippen LogP contribution in [-0.4, -0.2) is 44.3 Å². The van der Waals surface area contributed by atoms with E-state index in [-0.39, 0.29) is 38.7 Å². The fraction of sp³-hybridized carbons (Fsp3) is 0.310. The van der Waals surface area contributed by atoms with E-state index in [1.165, 1.54) is 55.5 Å². The smallest absolute Gasteiger partial charge is 0.264 e. The van der Waals surface area contributed by atoms with Crippen molar-refractivity contribution in [3.63, 3.8) is 0 Å². The second kappa shape index (κ2) is 13.5. The van der Waals surface area contributed by atoms with Crippen molar-refractivity contribution in [2.45, 2.75) is 45.2 Å². The van der Waals surface area contributed by atoms with Crippen LogP contribution in [0.5, 0.6) is 0 Å². The summed E-state index contributed by atoms with van der Waals surface area (Å²) in [6, 6.07) is 15.4. The highest BCUT2D eigenvalue weighted by molar-refractivity contribution is 7.92. The predicted octanol–water partition coefficient (Wildman–Crippen LogP) is 5.83. The highest BCUT2D eigenvalue weighted by Gasteiger charge is 2.34. The summed E-state index contributed by atoms with van der Waals surface area (Å²) in [6.07, 6.45) is 0. The van der Waals surface area contributed by atoms with E-state index in [0.29, 0.717) is 6.54 Å². The van der Waals surface area contributed by atoms with Gasteiger partial charge in [0.05, 0.1) is 20.6 Å². The number of amides is 2. The van der Waals surface area contributed by atoms with Crippen molar-refractivity contribution in [2.24, 2.45) is 5.92 Å². The molecule has 11 heteroatoms. The Bertz CT molecular complexity index is 1470. The van der Waals surface area contributed by atoms with Crippen molar-refractivity contribution in [1.82, 2.24) is 10.2 Å². The molecule has 0 saturated carbocycles. The predicted molar refractivity (Wildman–Crippen MR) is 156 cm³/mol. The summed E-state index contributed by atoms with van der Waals surface area (Å²) in [5.41, 5.74) is 1.01. The molecule has 3 aromatic rings. The third kappa shape index (κ3) is 7.53. The number of rotatable bonds is 11. The molecular weight excluding hydrogens is 576 g/mol. The van der Waals surface area contributed by atoms with Crippen LogP contribution in [0.3, 0.4) is 0 Å². The maximum atomic E-state index is 14.6. The number of aryl methyl sites for hydroxylation is 1. The number of nitrogens with one attached hydrogen (secondary N) is 1. The Balaban J connectivity index is 2.07. The molecule has 0 saturated heterocycles. The van der Waals surface area contributed by atoms with Crippen LogP contribution in [0.2, 0.25) is 10.0 Å². The zero-order chi connectivity index (χ0) is 29.6. The van der Waals surface area contributed by atoms with Gasteiger partial charge in [-0.15, -0.1) is 0 Å². The van der Waals surface area contributed by atoms with Gasteiger partial charge in [-0.1, -0.05) is 79.0 Å². The van der Waals surface area contributed by atoms with Crippen LogP contribution >= 0.6 is 23.2 Å². The zero-order valence-electron chi connectivity index (χ0n) is 22.7. The van der Waals surface area contributed by atoms with Gasteiger partial charge in [-0.2, -0.15) is 0 Å². The first-order valence-electron chi connectivity index (χ1n) is 12.7. The van der Waals surface area contributed by atoms with Crippen LogP contribution in [0.25, 0.3) is 0 Å². The fourth-order valence-corrected chi connectivity index (χ4v) is 5.75. The van der Waals surface area contributed by atoms with Crippen LogP contribution in [-0.2, 0) is 26.2 Å². The Labute approximate surface area is 244 Å². The van der Waals surface area contributed by atoms with Gasteiger partial charge in [0.2, 0.25) is 11.8 Å². The van der Waals surface area contributed by atoms with Gasteiger partial charge in [-0.25, -0.2) is 12.8 Å². The average molecular weight is 609 g/mol. The minimum absolute atomic E-state index is 0.00848. The summed E-state index contributed by atoms with van der Waals surface area (Å²) >= 11 is 12.6. The van der Waals surface area contributed by atoms with Crippen LogP contribution in [0.1, 0.15) is 31.9 Å². The van der Waals surface area contributed by atoms with Gasteiger partial charge in [0.25, 0.3) is 10.0 Å². The highest BCUT2D eigenvalue weighted by atomic mass is 35.5. The largest absolute Gasteiger partial charge is 0.354 e. The standard InChI is InChI=1S/C29H32Cl2FN3O4S/c1-19(2)16-33-29(37)21(4)34(17-22-8-5-6-10-25(22)32)27(36)18-35(26-11-7-9-24(30)28(26)31)40(38,39)23-14-12-20(3)13-15-23/h5-15,19,21H,16-18H2,1-4H3,(H,33,37). The van der Waals surface area contributed by atoms with E-state index in [4.69, 9.17) is 23.2 Å². The molecule has 1 N–H and O–H groups in total. The quantitative estimate of drug-likeness (QED) is 0.297. The van der Waals surface area contributed by atoms with Crippen molar-refractivity contribution < 1.29 is 22.4 Å². The molecule has 3 rings (SSSR count). The molecule has 1 unspecified atom stereocenters. The van der Waals surface area contributed by atoms with Gasteiger partial charge in [-0.3, -0.25) is 13.9 Å². The third-order valence-electron chi connectivity index (χ3n) is 6.24.